The Morgan fingerprint density at radius 2 is 1.29 bits per heavy atom. The Bertz CT molecular complexity index is 1930. The molecule has 0 atom stereocenters. The van der Waals surface area contributed by atoms with E-state index >= 15 is 0 Å². The van der Waals surface area contributed by atoms with Crippen molar-refractivity contribution in [2.45, 2.75) is 0 Å². The average Bonchev–Trinajstić information content (AvgIpc) is 3.26. The maximum Gasteiger partial charge on any atom is 0.186 e. The third-order valence-corrected chi connectivity index (χ3v) is 7.63. The summed E-state index contributed by atoms with van der Waals surface area (Å²) < 4.78 is 2.21. The zero-order valence-corrected chi connectivity index (χ0v) is 21.1. The molecule has 0 saturated heterocycles. The fourth-order valence-corrected chi connectivity index (χ4v) is 5.81. The highest BCUT2D eigenvalue weighted by molar-refractivity contribution is 6.35. The van der Waals surface area contributed by atoms with Gasteiger partial charge in [0, 0.05) is 34.8 Å². The molecule has 0 radical (unpaired) electrons. The van der Waals surface area contributed by atoms with E-state index in [1.54, 1.807) is 6.08 Å². The average molecular weight is 488 g/mol. The summed E-state index contributed by atoms with van der Waals surface area (Å²) in [5, 5.41) is 5.91. The van der Waals surface area contributed by atoms with Crippen LogP contribution >= 0.6 is 0 Å². The molecule has 180 valence electrons. The highest BCUT2D eigenvalue weighted by atomic mass is 16.1. The predicted octanol–water partition coefficient (Wildman–Crippen LogP) is 8.60. The molecule has 2 nitrogen and oxygen atoms in total. The van der Waals surface area contributed by atoms with Crippen LogP contribution in [0.3, 0.4) is 0 Å². The first-order valence-corrected chi connectivity index (χ1v) is 12.9. The maximum absolute atomic E-state index is 13.5. The van der Waals surface area contributed by atoms with Gasteiger partial charge in [-0.1, -0.05) is 109 Å². The summed E-state index contributed by atoms with van der Waals surface area (Å²) in [5.74, 6) is 0.0268. The number of benzene rings is 5. The lowest BCUT2D eigenvalue weighted by atomic mass is 9.89. The van der Waals surface area contributed by atoms with E-state index in [4.69, 9.17) is 0 Å². The minimum Gasteiger partial charge on any atom is -0.344 e. The van der Waals surface area contributed by atoms with Crippen molar-refractivity contribution in [2.75, 3.05) is 0 Å². The smallest absolute Gasteiger partial charge is 0.186 e. The van der Waals surface area contributed by atoms with E-state index in [0.29, 0.717) is 0 Å². The minimum atomic E-state index is 0.0268. The molecule has 5 aromatic carbocycles. The third kappa shape index (κ3) is 3.46. The van der Waals surface area contributed by atoms with Crippen molar-refractivity contribution in [3.05, 3.63) is 150 Å². The predicted molar refractivity (Wildman–Crippen MR) is 160 cm³/mol. The Morgan fingerprint density at radius 3 is 2.03 bits per heavy atom. The van der Waals surface area contributed by atoms with Crippen LogP contribution in [-0.2, 0) is 11.8 Å². The Labute approximate surface area is 221 Å². The van der Waals surface area contributed by atoms with Gasteiger partial charge in [-0.05, 0) is 62.5 Å². The minimum absolute atomic E-state index is 0.0268. The summed E-state index contributed by atoms with van der Waals surface area (Å²) in [4.78, 5) is 13.5. The van der Waals surface area contributed by atoms with Gasteiger partial charge in [0.1, 0.15) is 0 Å². The Morgan fingerprint density at radius 1 is 0.658 bits per heavy atom. The van der Waals surface area contributed by atoms with E-state index in [0.717, 1.165) is 44.4 Å². The van der Waals surface area contributed by atoms with E-state index in [1.165, 1.54) is 21.5 Å². The van der Waals surface area contributed by atoms with Gasteiger partial charge in [0.15, 0.2) is 5.78 Å². The Balaban J connectivity index is 1.55. The van der Waals surface area contributed by atoms with Crippen LogP contribution in [0, 0.1) is 0 Å². The molecule has 1 heterocycles. The van der Waals surface area contributed by atoms with Crippen LogP contribution in [0.15, 0.2) is 127 Å². The van der Waals surface area contributed by atoms with Crippen LogP contribution in [0.1, 0.15) is 22.4 Å². The molecule has 0 spiro atoms. The van der Waals surface area contributed by atoms with Crippen LogP contribution in [0.4, 0.5) is 0 Å². The molecule has 1 aliphatic carbocycles. The van der Waals surface area contributed by atoms with E-state index in [9.17, 15) is 4.79 Å². The molecule has 0 amide bonds. The molecule has 1 aromatic heterocycles. The summed E-state index contributed by atoms with van der Waals surface area (Å²) in [6.07, 6.45) is 7.78. The number of ketones is 1. The highest BCUT2D eigenvalue weighted by Gasteiger charge is 2.25. The zero-order chi connectivity index (χ0) is 25.6. The number of carbonyl (C=O) groups is 1. The molecule has 0 fully saturated rings. The van der Waals surface area contributed by atoms with Crippen LogP contribution < -0.4 is 0 Å². The number of nitrogens with zero attached hydrogens (tertiary/aromatic N) is 1. The number of carbonyl (C=O) groups excluding carboxylic acids is 1. The normalized spacial score (nSPS) is 13.9. The SMILES string of the molecule is Cn1c2c(c3c4c(ccc5ccccc54)ccc31)/C(=C\C=C(c1ccccc1)c1ccccc1)C(=O)C=C2. The summed E-state index contributed by atoms with van der Waals surface area (Å²) in [6, 6.07) is 37.9. The first kappa shape index (κ1) is 22.3. The number of aryl methyl sites for hydroxylation is 1. The van der Waals surface area contributed by atoms with Gasteiger partial charge in [0.05, 0.1) is 0 Å². The van der Waals surface area contributed by atoms with Crippen molar-refractivity contribution in [3.63, 3.8) is 0 Å². The molecule has 0 saturated carbocycles. The van der Waals surface area contributed by atoms with Gasteiger partial charge in [-0.25, -0.2) is 0 Å². The summed E-state index contributed by atoms with van der Waals surface area (Å²) >= 11 is 0. The van der Waals surface area contributed by atoms with Gasteiger partial charge in [-0.2, -0.15) is 0 Å². The molecule has 6 aromatic rings. The molecule has 0 aliphatic heterocycles. The largest absolute Gasteiger partial charge is 0.344 e. The standard InChI is InChI=1S/C36H25NO/c1-37-31-22-23-33(38)30(20-19-28(24-10-4-2-5-11-24)25-12-6-3-7-13-25)35(31)36-32(37)21-18-27-17-16-26-14-8-9-15-29(26)34(27)36/h2-23H,1H3/b30-20-. The van der Waals surface area contributed by atoms with Crippen LogP contribution in [0.5, 0.6) is 0 Å². The van der Waals surface area contributed by atoms with Crippen molar-refractivity contribution >= 4 is 55.5 Å². The first-order valence-electron chi connectivity index (χ1n) is 12.9. The van der Waals surface area contributed by atoms with Crippen molar-refractivity contribution in [2.24, 2.45) is 7.05 Å². The summed E-state index contributed by atoms with van der Waals surface area (Å²) in [6.45, 7) is 0. The molecule has 0 N–H and O–H groups in total. The molecule has 7 rings (SSSR count). The van der Waals surface area contributed by atoms with Crippen molar-refractivity contribution in [1.82, 2.24) is 4.57 Å². The first-order chi connectivity index (χ1) is 18.7. The molecule has 38 heavy (non-hydrogen) atoms. The van der Waals surface area contributed by atoms with E-state index in [-0.39, 0.29) is 5.78 Å². The fraction of sp³-hybridized carbons (Fsp3) is 0.0278. The van der Waals surface area contributed by atoms with Crippen molar-refractivity contribution in [3.8, 4) is 0 Å². The second-order valence-corrected chi connectivity index (χ2v) is 9.75. The quantitative estimate of drug-likeness (QED) is 0.181. The number of aromatic nitrogens is 1. The molecular weight excluding hydrogens is 462 g/mol. The Kier molecular flexibility index (Phi) is 5.19. The maximum atomic E-state index is 13.5. The highest BCUT2D eigenvalue weighted by Crippen LogP contribution is 2.42. The topological polar surface area (TPSA) is 22.0 Å². The van der Waals surface area contributed by atoms with Gasteiger partial charge in [0.25, 0.3) is 0 Å². The fourth-order valence-electron chi connectivity index (χ4n) is 5.81. The zero-order valence-electron chi connectivity index (χ0n) is 21.1. The summed E-state index contributed by atoms with van der Waals surface area (Å²) in [5.41, 5.74) is 7.22. The lowest BCUT2D eigenvalue weighted by Crippen LogP contribution is -2.05. The number of fused-ring (bicyclic) bond motifs is 7. The van der Waals surface area contributed by atoms with Gasteiger partial charge < -0.3 is 4.57 Å². The lowest BCUT2D eigenvalue weighted by Gasteiger charge is -2.13. The second kappa shape index (κ2) is 8.86. The number of hydrogen-bond donors (Lipinski definition) is 0. The third-order valence-electron chi connectivity index (χ3n) is 7.63. The van der Waals surface area contributed by atoms with E-state index in [2.05, 4.69) is 90.5 Å². The lowest BCUT2D eigenvalue weighted by molar-refractivity contribution is -0.109. The van der Waals surface area contributed by atoms with Gasteiger partial charge >= 0.3 is 0 Å². The van der Waals surface area contributed by atoms with Crippen LogP contribution in [-0.4, -0.2) is 10.4 Å². The monoisotopic (exact) mass is 487 g/mol. The molecule has 1 aliphatic rings. The van der Waals surface area contributed by atoms with Crippen LogP contribution in [0.2, 0.25) is 0 Å². The molecule has 2 heteroatoms. The molecule has 0 unspecified atom stereocenters. The van der Waals surface area contributed by atoms with Crippen molar-refractivity contribution < 1.29 is 4.79 Å². The summed E-state index contributed by atoms with van der Waals surface area (Å²) in [7, 11) is 2.09. The van der Waals surface area contributed by atoms with Gasteiger partial charge in [0.2, 0.25) is 0 Å². The van der Waals surface area contributed by atoms with Crippen LogP contribution in [0.25, 0.3) is 49.7 Å². The van der Waals surface area contributed by atoms with Gasteiger partial charge in [-0.3, -0.25) is 4.79 Å². The Hall–Kier alpha value is -4.95. The number of rotatable bonds is 3. The second-order valence-electron chi connectivity index (χ2n) is 9.75. The van der Waals surface area contributed by atoms with Crippen molar-refractivity contribution in [1.29, 1.82) is 0 Å². The number of allylic oxidation sites excluding steroid dienone is 4. The van der Waals surface area contributed by atoms with E-state index in [1.807, 2.05) is 48.6 Å². The number of hydrogen-bond acceptors (Lipinski definition) is 1. The van der Waals surface area contributed by atoms with E-state index < -0.39 is 0 Å². The molecule has 0 bridgehead atoms. The van der Waals surface area contributed by atoms with Gasteiger partial charge in [-0.15, -0.1) is 0 Å². The molecular formula is C36H25NO.